The molecule has 1 saturated heterocycles. The number of anilines is 1. The first-order valence-corrected chi connectivity index (χ1v) is 9.02. The first-order valence-electron chi connectivity index (χ1n) is 9.02. The fourth-order valence-electron chi connectivity index (χ4n) is 3.62. The van der Waals surface area contributed by atoms with E-state index in [-0.39, 0.29) is 12.5 Å². The van der Waals surface area contributed by atoms with Crippen LogP contribution in [0.4, 0.5) is 5.82 Å². The molecule has 0 spiro atoms. The highest BCUT2D eigenvalue weighted by molar-refractivity contribution is 5.96. The molecular formula is C19H26N4O3. The van der Waals surface area contributed by atoms with Gasteiger partial charge in [-0.15, -0.1) is 0 Å². The highest BCUT2D eigenvalue weighted by Gasteiger charge is 2.36. The zero-order valence-corrected chi connectivity index (χ0v) is 15.6. The summed E-state index contributed by atoms with van der Waals surface area (Å²) < 4.78 is 5.17. The van der Waals surface area contributed by atoms with Gasteiger partial charge in [-0.05, 0) is 38.3 Å². The molecule has 0 aliphatic carbocycles. The lowest BCUT2D eigenvalue weighted by Crippen LogP contribution is -2.55. The number of carbonyl (C=O) groups is 1. The lowest BCUT2D eigenvalue weighted by atomic mass is 9.92. The van der Waals surface area contributed by atoms with E-state index in [2.05, 4.69) is 15.0 Å². The third kappa shape index (κ3) is 3.72. The van der Waals surface area contributed by atoms with Crippen molar-refractivity contribution in [1.29, 1.82) is 0 Å². The van der Waals surface area contributed by atoms with Crippen molar-refractivity contribution in [2.24, 2.45) is 0 Å². The van der Waals surface area contributed by atoms with Crippen LogP contribution in [-0.2, 0) is 6.42 Å². The third-order valence-electron chi connectivity index (χ3n) is 4.89. The number of carbonyl (C=O) groups excluding carboxylic acids is 1. The largest absolute Gasteiger partial charge is 0.386 e. The van der Waals surface area contributed by atoms with Crippen LogP contribution in [0, 0.1) is 6.92 Å². The maximum atomic E-state index is 12.9. The molecular weight excluding hydrogens is 332 g/mol. The monoisotopic (exact) mass is 358 g/mol. The van der Waals surface area contributed by atoms with Crippen molar-refractivity contribution >= 4 is 11.7 Å². The van der Waals surface area contributed by atoms with Crippen molar-refractivity contribution in [3.63, 3.8) is 0 Å². The number of rotatable bonds is 5. The summed E-state index contributed by atoms with van der Waals surface area (Å²) in [5, 5.41) is 15.1. The first-order chi connectivity index (χ1) is 12.4. The van der Waals surface area contributed by atoms with E-state index < -0.39 is 5.60 Å². The van der Waals surface area contributed by atoms with Gasteiger partial charge >= 0.3 is 0 Å². The molecule has 1 N–H and O–H groups in total. The molecule has 1 atom stereocenters. The van der Waals surface area contributed by atoms with Gasteiger partial charge in [0.05, 0.1) is 17.8 Å². The molecule has 0 unspecified atom stereocenters. The standard InChI is InChI=1S/C19H26N4O3/c1-4-15-17(14(2)26-21-15)18(24)22(3)12-19(25)9-7-11-23(13-19)16-8-5-6-10-20-16/h5-6,8,10,25H,4,7,9,11-13H2,1-3H3/t19-/m1/s1. The lowest BCUT2D eigenvalue weighted by Gasteiger charge is -2.41. The molecule has 2 aromatic rings. The van der Waals surface area contributed by atoms with Gasteiger partial charge in [0, 0.05) is 26.3 Å². The summed E-state index contributed by atoms with van der Waals surface area (Å²) >= 11 is 0. The van der Waals surface area contributed by atoms with E-state index >= 15 is 0 Å². The Balaban J connectivity index is 1.72. The summed E-state index contributed by atoms with van der Waals surface area (Å²) in [6.07, 6.45) is 3.88. The molecule has 0 radical (unpaired) electrons. The van der Waals surface area contributed by atoms with Gasteiger partial charge < -0.3 is 19.4 Å². The molecule has 0 saturated carbocycles. The van der Waals surface area contributed by atoms with Gasteiger partial charge in [0.2, 0.25) is 0 Å². The number of aromatic nitrogens is 2. The van der Waals surface area contributed by atoms with E-state index in [9.17, 15) is 9.90 Å². The van der Waals surface area contributed by atoms with E-state index in [0.717, 1.165) is 18.8 Å². The number of hydrogen-bond donors (Lipinski definition) is 1. The number of aliphatic hydroxyl groups is 1. The van der Waals surface area contributed by atoms with Crippen molar-refractivity contribution < 1.29 is 14.4 Å². The van der Waals surface area contributed by atoms with Crippen molar-refractivity contribution in [2.75, 3.05) is 31.6 Å². The quantitative estimate of drug-likeness (QED) is 0.881. The van der Waals surface area contributed by atoms with Crippen molar-refractivity contribution in [3.05, 3.63) is 41.4 Å². The first kappa shape index (κ1) is 18.4. The number of amides is 1. The minimum atomic E-state index is -0.975. The number of likely N-dealkylation sites (N-methyl/N-ethyl adjacent to an activating group) is 1. The summed E-state index contributed by atoms with van der Waals surface area (Å²) in [4.78, 5) is 20.9. The van der Waals surface area contributed by atoms with Crippen LogP contribution in [0.25, 0.3) is 0 Å². The molecule has 1 aliphatic heterocycles. The van der Waals surface area contributed by atoms with Crippen molar-refractivity contribution in [2.45, 2.75) is 38.7 Å². The molecule has 3 rings (SSSR count). The van der Waals surface area contributed by atoms with Crippen LogP contribution in [0.5, 0.6) is 0 Å². The number of piperidine rings is 1. The Morgan fingerprint density at radius 2 is 2.27 bits per heavy atom. The number of nitrogens with zero attached hydrogens (tertiary/aromatic N) is 4. The van der Waals surface area contributed by atoms with Gasteiger partial charge in [0.1, 0.15) is 17.1 Å². The van der Waals surface area contributed by atoms with Crippen molar-refractivity contribution in [3.8, 4) is 0 Å². The second-order valence-electron chi connectivity index (χ2n) is 7.01. The molecule has 1 amide bonds. The molecule has 7 heteroatoms. The highest BCUT2D eigenvalue weighted by atomic mass is 16.5. The van der Waals surface area contributed by atoms with Crippen LogP contribution >= 0.6 is 0 Å². The Morgan fingerprint density at radius 1 is 1.46 bits per heavy atom. The Hall–Kier alpha value is -2.41. The van der Waals surface area contributed by atoms with E-state index in [1.807, 2.05) is 25.1 Å². The molecule has 1 aliphatic rings. The summed E-state index contributed by atoms with van der Waals surface area (Å²) in [5.74, 6) is 1.20. The van der Waals surface area contributed by atoms with E-state index in [1.54, 1.807) is 25.1 Å². The van der Waals surface area contributed by atoms with E-state index in [4.69, 9.17) is 4.52 Å². The zero-order chi connectivity index (χ0) is 18.7. The third-order valence-corrected chi connectivity index (χ3v) is 4.89. The predicted octanol–water partition coefficient (Wildman–Crippen LogP) is 2.04. The van der Waals surface area contributed by atoms with Crippen LogP contribution in [-0.4, -0.2) is 58.3 Å². The van der Waals surface area contributed by atoms with Gasteiger partial charge in [0.15, 0.2) is 0 Å². The van der Waals surface area contributed by atoms with E-state index in [1.165, 1.54) is 0 Å². The SMILES string of the molecule is CCc1noc(C)c1C(=O)N(C)C[C@]1(O)CCCN(c2ccccn2)C1. The van der Waals surface area contributed by atoms with Gasteiger partial charge in [-0.3, -0.25) is 4.79 Å². The molecule has 140 valence electrons. The Labute approximate surface area is 153 Å². The number of hydrogen-bond acceptors (Lipinski definition) is 6. The van der Waals surface area contributed by atoms with Crippen LogP contribution in [0.2, 0.25) is 0 Å². The number of aryl methyl sites for hydroxylation is 2. The lowest BCUT2D eigenvalue weighted by molar-refractivity contribution is -0.000208. The molecule has 3 heterocycles. The Kier molecular flexibility index (Phi) is 5.27. The number of pyridine rings is 1. The minimum Gasteiger partial charge on any atom is -0.386 e. The maximum Gasteiger partial charge on any atom is 0.259 e. The van der Waals surface area contributed by atoms with Crippen LogP contribution in [0.1, 0.15) is 41.6 Å². The topological polar surface area (TPSA) is 82.7 Å². The van der Waals surface area contributed by atoms with Crippen LogP contribution in [0.15, 0.2) is 28.9 Å². The summed E-state index contributed by atoms with van der Waals surface area (Å²) in [7, 11) is 1.71. The summed E-state index contributed by atoms with van der Waals surface area (Å²) in [6.45, 7) is 5.23. The fraction of sp³-hybridized carbons (Fsp3) is 0.526. The average molecular weight is 358 g/mol. The van der Waals surface area contributed by atoms with Crippen molar-refractivity contribution in [1.82, 2.24) is 15.0 Å². The smallest absolute Gasteiger partial charge is 0.259 e. The second-order valence-corrected chi connectivity index (χ2v) is 7.01. The molecule has 2 aromatic heterocycles. The Morgan fingerprint density at radius 3 is 2.96 bits per heavy atom. The normalized spacial score (nSPS) is 20.2. The van der Waals surface area contributed by atoms with Gasteiger partial charge in [-0.25, -0.2) is 4.98 Å². The molecule has 0 aromatic carbocycles. The average Bonchev–Trinajstić information content (AvgIpc) is 3.02. The molecule has 7 nitrogen and oxygen atoms in total. The summed E-state index contributed by atoms with van der Waals surface area (Å²) in [6, 6.07) is 5.75. The zero-order valence-electron chi connectivity index (χ0n) is 15.6. The Bertz CT molecular complexity index is 761. The molecule has 26 heavy (non-hydrogen) atoms. The fourth-order valence-corrected chi connectivity index (χ4v) is 3.62. The van der Waals surface area contributed by atoms with Gasteiger partial charge in [0.25, 0.3) is 5.91 Å². The van der Waals surface area contributed by atoms with Gasteiger partial charge in [-0.2, -0.15) is 0 Å². The maximum absolute atomic E-state index is 12.9. The summed E-state index contributed by atoms with van der Waals surface area (Å²) in [5.41, 5.74) is 0.193. The highest BCUT2D eigenvalue weighted by Crippen LogP contribution is 2.26. The second kappa shape index (κ2) is 7.45. The van der Waals surface area contributed by atoms with Crippen LogP contribution in [0.3, 0.4) is 0 Å². The number of β-amino-alcohol motifs (C(OH)–C–C–N with tert-alkyl or cyclic N) is 1. The minimum absolute atomic E-state index is 0.163. The molecule has 1 fully saturated rings. The predicted molar refractivity (Wildman–Crippen MR) is 98.2 cm³/mol. The van der Waals surface area contributed by atoms with E-state index in [0.29, 0.717) is 36.4 Å². The van der Waals surface area contributed by atoms with Crippen LogP contribution < -0.4 is 4.90 Å². The molecule has 0 bridgehead atoms. The van der Waals surface area contributed by atoms with Gasteiger partial charge in [-0.1, -0.05) is 18.1 Å².